The van der Waals surface area contributed by atoms with Crippen LogP contribution in [0.2, 0.25) is 0 Å². The Hall–Kier alpha value is -4.27. The molecule has 2 aromatic heterocycles. The number of imidazole rings is 1. The Labute approximate surface area is 202 Å². The van der Waals surface area contributed by atoms with E-state index in [1.165, 1.54) is 0 Å². The van der Waals surface area contributed by atoms with Crippen LogP contribution in [0.3, 0.4) is 0 Å². The Balaban J connectivity index is 1.66. The van der Waals surface area contributed by atoms with Gasteiger partial charge in [-0.25, -0.2) is 4.98 Å². The summed E-state index contributed by atoms with van der Waals surface area (Å²) < 4.78 is 3.38. The normalized spacial score (nSPS) is 11.6. The second kappa shape index (κ2) is 9.17. The summed E-state index contributed by atoms with van der Waals surface area (Å²) in [5.74, 6) is 0.0725. The average molecular weight is 468 g/mol. The molecule has 0 radical (unpaired) electrons. The lowest BCUT2D eigenvalue weighted by Gasteiger charge is -2.29. The number of aliphatic hydroxyl groups is 2. The molecule has 0 spiro atoms. The summed E-state index contributed by atoms with van der Waals surface area (Å²) in [6.45, 7) is 0.0334. The van der Waals surface area contributed by atoms with Crippen LogP contribution in [0.4, 0.5) is 5.69 Å². The Morgan fingerprint density at radius 1 is 1.00 bits per heavy atom. The molecule has 0 aliphatic rings. The number of amides is 1. The molecule has 0 aliphatic carbocycles. The van der Waals surface area contributed by atoms with Gasteiger partial charge in [0.05, 0.1) is 29.5 Å². The van der Waals surface area contributed by atoms with Gasteiger partial charge in [-0.05, 0) is 29.3 Å². The van der Waals surface area contributed by atoms with Crippen molar-refractivity contribution in [2.45, 2.75) is 12.1 Å². The van der Waals surface area contributed by atoms with Crippen LogP contribution in [0.25, 0.3) is 11.0 Å². The molecular weight excluding hydrogens is 442 g/mol. The van der Waals surface area contributed by atoms with Gasteiger partial charge in [-0.3, -0.25) is 9.48 Å². The number of aliphatic hydroxyl groups excluding tert-OH is 1. The van der Waals surface area contributed by atoms with Crippen LogP contribution in [-0.4, -0.2) is 42.1 Å². The van der Waals surface area contributed by atoms with Crippen molar-refractivity contribution in [3.8, 4) is 0 Å². The first-order valence-corrected chi connectivity index (χ1v) is 11.3. The number of hydrogen-bond donors (Lipinski definition) is 3. The number of hydrogen-bond acceptors (Lipinski definition) is 5. The third-order valence-electron chi connectivity index (χ3n) is 6.00. The van der Waals surface area contributed by atoms with E-state index in [4.69, 9.17) is 4.98 Å². The molecule has 0 bridgehead atoms. The van der Waals surface area contributed by atoms with E-state index in [1.54, 1.807) is 46.9 Å². The molecule has 0 unspecified atom stereocenters. The number of nitrogens with zero attached hydrogens (tertiary/aromatic N) is 4. The summed E-state index contributed by atoms with van der Waals surface area (Å²) in [5, 5.41) is 29.0. The summed E-state index contributed by atoms with van der Waals surface area (Å²) in [4.78, 5) is 17.7. The maximum Gasteiger partial charge on any atom is 0.255 e. The molecule has 2 heterocycles. The quantitative estimate of drug-likeness (QED) is 0.341. The minimum absolute atomic E-state index is 0.162. The molecule has 1 amide bonds. The predicted octanol–water partition coefficient (Wildman–Crippen LogP) is 3.30. The zero-order valence-corrected chi connectivity index (χ0v) is 19.2. The lowest BCUT2D eigenvalue weighted by Crippen LogP contribution is -2.33. The van der Waals surface area contributed by atoms with E-state index in [0.29, 0.717) is 39.2 Å². The van der Waals surface area contributed by atoms with Crippen molar-refractivity contribution in [3.05, 3.63) is 114 Å². The van der Waals surface area contributed by atoms with Gasteiger partial charge in [0.25, 0.3) is 5.91 Å². The standard InChI is InChI=1S/C27H25N5O3/c1-31-18-22(17-28-31)29-25(34)19-12-13-23-24(16-19)32(14-15-33)26(30-23)27(35,20-8-4-2-5-9-20)21-10-6-3-7-11-21/h2-13,16-18,33,35H,14-15H2,1H3,(H,29,34). The molecule has 0 saturated heterocycles. The number of benzene rings is 3. The lowest BCUT2D eigenvalue weighted by molar-refractivity contribution is 0.102. The van der Waals surface area contributed by atoms with Gasteiger partial charge in [-0.1, -0.05) is 60.7 Å². The van der Waals surface area contributed by atoms with Crippen LogP contribution in [0.15, 0.2) is 91.3 Å². The highest BCUT2D eigenvalue weighted by Crippen LogP contribution is 2.37. The second-order valence-corrected chi connectivity index (χ2v) is 8.31. The second-order valence-electron chi connectivity index (χ2n) is 8.31. The van der Waals surface area contributed by atoms with Crippen LogP contribution in [0.5, 0.6) is 0 Å². The Morgan fingerprint density at radius 2 is 1.66 bits per heavy atom. The Bertz CT molecular complexity index is 1440. The first-order chi connectivity index (χ1) is 17.0. The van der Waals surface area contributed by atoms with Crippen molar-refractivity contribution in [2.24, 2.45) is 7.05 Å². The first kappa shape index (κ1) is 22.5. The summed E-state index contributed by atoms with van der Waals surface area (Å²) in [5.41, 5.74) is 1.98. The fraction of sp³-hybridized carbons (Fsp3) is 0.148. The van der Waals surface area contributed by atoms with E-state index in [9.17, 15) is 15.0 Å². The highest BCUT2D eigenvalue weighted by Gasteiger charge is 2.39. The van der Waals surface area contributed by atoms with Gasteiger partial charge in [0, 0.05) is 25.4 Å². The number of aromatic nitrogens is 4. The van der Waals surface area contributed by atoms with E-state index in [-0.39, 0.29) is 19.1 Å². The van der Waals surface area contributed by atoms with Crippen molar-refractivity contribution >= 4 is 22.6 Å². The molecule has 3 aromatic carbocycles. The number of rotatable bonds is 7. The number of carbonyl (C=O) groups excluding carboxylic acids is 1. The molecule has 176 valence electrons. The molecule has 35 heavy (non-hydrogen) atoms. The number of aryl methyl sites for hydroxylation is 1. The van der Waals surface area contributed by atoms with E-state index in [2.05, 4.69) is 10.4 Å². The van der Waals surface area contributed by atoms with E-state index in [1.807, 2.05) is 60.7 Å². The molecule has 8 nitrogen and oxygen atoms in total. The molecule has 3 N–H and O–H groups in total. The number of nitrogens with one attached hydrogen (secondary N) is 1. The topological polar surface area (TPSA) is 105 Å². The molecule has 5 rings (SSSR count). The van der Waals surface area contributed by atoms with Gasteiger partial charge in [0.2, 0.25) is 0 Å². The molecule has 8 heteroatoms. The fourth-order valence-electron chi connectivity index (χ4n) is 4.34. The Kier molecular flexibility index (Phi) is 5.90. The highest BCUT2D eigenvalue weighted by atomic mass is 16.3. The molecular formula is C27H25N5O3. The van der Waals surface area contributed by atoms with Crippen LogP contribution in [0, 0.1) is 0 Å². The van der Waals surface area contributed by atoms with Gasteiger partial charge in [-0.2, -0.15) is 5.10 Å². The third-order valence-corrected chi connectivity index (χ3v) is 6.00. The van der Waals surface area contributed by atoms with Crippen molar-refractivity contribution < 1.29 is 15.0 Å². The maximum atomic E-state index is 12.9. The number of carbonyl (C=O) groups is 1. The van der Waals surface area contributed by atoms with Crippen molar-refractivity contribution in [1.29, 1.82) is 0 Å². The van der Waals surface area contributed by atoms with Gasteiger partial charge in [-0.15, -0.1) is 0 Å². The average Bonchev–Trinajstić information content (AvgIpc) is 3.47. The Morgan fingerprint density at radius 3 is 2.23 bits per heavy atom. The summed E-state index contributed by atoms with van der Waals surface area (Å²) in [6.07, 6.45) is 3.29. The van der Waals surface area contributed by atoms with E-state index < -0.39 is 5.60 Å². The summed E-state index contributed by atoms with van der Waals surface area (Å²) in [7, 11) is 1.78. The monoisotopic (exact) mass is 467 g/mol. The van der Waals surface area contributed by atoms with E-state index in [0.717, 1.165) is 0 Å². The zero-order valence-electron chi connectivity index (χ0n) is 19.2. The molecule has 0 saturated carbocycles. The van der Waals surface area contributed by atoms with Gasteiger partial charge in [0.1, 0.15) is 0 Å². The van der Waals surface area contributed by atoms with Crippen LogP contribution >= 0.6 is 0 Å². The number of anilines is 1. The maximum absolute atomic E-state index is 12.9. The van der Waals surface area contributed by atoms with E-state index >= 15 is 0 Å². The van der Waals surface area contributed by atoms with Gasteiger partial charge < -0.3 is 20.1 Å². The van der Waals surface area contributed by atoms with Gasteiger partial charge in [0.15, 0.2) is 11.4 Å². The van der Waals surface area contributed by atoms with Crippen LogP contribution in [-0.2, 0) is 19.2 Å². The van der Waals surface area contributed by atoms with Crippen molar-refractivity contribution in [3.63, 3.8) is 0 Å². The largest absolute Gasteiger partial charge is 0.395 e. The minimum Gasteiger partial charge on any atom is -0.395 e. The first-order valence-electron chi connectivity index (χ1n) is 11.3. The number of fused-ring (bicyclic) bond motifs is 1. The summed E-state index contributed by atoms with van der Waals surface area (Å²) in [6, 6.07) is 23.8. The van der Waals surface area contributed by atoms with Crippen molar-refractivity contribution in [1.82, 2.24) is 19.3 Å². The predicted molar refractivity (Wildman–Crippen MR) is 133 cm³/mol. The highest BCUT2D eigenvalue weighted by molar-refractivity contribution is 6.05. The van der Waals surface area contributed by atoms with Crippen molar-refractivity contribution in [2.75, 3.05) is 11.9 Å². The fourth-order valence-corrected chi connectivity index (χ4v) is 4.34. The SMILES string of the molecule is Cn1cc(NC(=O)c2ccc3nc(C(O)(c4ccccc4)c4ccccc4)n(CCO)c3c2)cn1. The molecule has 0 atom stereocenters. The smallest absolute Gasteiger partial charge is 0.255 e. The molecule has 5 aromatic rings. The lowest BCUT2D eigenvalue weighted by atomic mass is 9.85. The zero-order chi connectivity index (χ0) is 24.4. The van der Waals surface area contributed by atoms with Gasteiger partial charge >= 0.3 is 0 Å². The molecule has 0 fully saturated rings. The van der Waals surface area contributed by atoms with Crippen LogP contribution < -0.4 is 5.32 Å². The molecule has 0 aliphatic heterocycles. The summed E-state index contributed by atoms with van der Waals surface area (Å²) >= 11 is 0. The minimum atomic E-state index is -1.57. The third kappa shape index (κ3) is 4.09. The van der Waals surface area contributed by atoms with Crippen LogP contribution in [0.1, 0.15) is 27.3 Å².